The minimum atomic E-state index is -0.463. The van der Waals surface area contributed by atoms with Crippen LogP contribution in [0.3, 0.4) is 0 Å². The molecule has 0 saturated carbocycles. The van der Waals surface area contributed by atoms with Gasteiger partial charge < -0.3 is 20.9 Å². The van der Waals surface area contributed by atoms with E-state index in [2.05, 4.69) is 17.0 Å². The van der Waals surface area contributed by atoms with Crippen LogP contribution in [-0.2, 0) is 4.74 Å². The predicted molar refractivity (Wildman–Crippen MR) is 69.1 cm³/mol. The Labute approximate surface area is 106 Å². The smallest absolute Gasteiger partial charge is 0.407 e. The Morgan fingerprint density at radius 2 is 2.41 bits per heavy atom. The summed E-state index contributed by atoms with van der Waals surface area (Å²) in [5.74, 6) is 0.726. The molecule has 1 heterocycles. The molecule has 5 nitrogen and oxygen atoms in total. The van der Waals surface area contributed by atoms with Crippen molar-refractivity contribution in [2.24, 2.45) is 5.73 Å². The number of hydrogen-bond acceptors (Lipinski definition) is 5. The lowest BCUT2D eigenvalue weighted by Gasteiger charge is -2.24. The third kappa shape index (κ3) is 4.04. The van der Waals surface area contributed by atoms with Gasteiger partial charge in [-0.1, -0.05) is 19.8 Å². The number of carbonyl (C=O) groups excluding carboxylic acids is 1. The van der Waals surface area contributed by atoms with Gasteiger partial charge in [-0.3, -0.25) is 0 Å². The summed E-state index contributed by atoms with van der Waals surface area (Å²) in [5, 5.41) is 12.7. The van der Waals surface area contributed by atoms with Crippen LogP contribution in [-0.4, -0.2) is 47.5 Å². The number of hydrogen-bond donors (Lipinski definition) is 3. The molecule has 0 aromatic heterocycles. The highest BCUT2D eigenvalue weighted by molar-refractivity contribution is 8.00. The average Bonchev–Trinajstić information content (AvgIpc) is 2.68. The molecular weight excluding hydrogens is 240 g/mol. The molecule has 1 fully saturated rings. The van der Waals surface area contributed by atoms with Crippen LogP contribution in [0.1, 0.15) is 26.2 Å². The SMILES string of the molecule is CCCCC(O)[C@H]1SC[C@@H](NC(=O)OC)[C@H]1N. The van der Waals surface area contributed by atoms with Crippen molar-refractivity contribution >= 4 is 17.9 Å². The number of aliphatic hydroxyl groups is 1. The molecule has 4 atom stereocenters. The van der Waals surface area contributed by atoms with Crippen LogP contribution in [0.15, 0.2) is 0 Å². The lowest BCUT2D eigenvalue weighted by Crippen LogP contribution is -2.51. The van der Waals surface area contributed by atoms with Crippen LogP contribution in [0.2, 0.25) is 0 Å². The molecule has 0 aromatic rings. The predicted octanol–water partition coefficient (Wildman–Crippen LogP) is 0.705. The molecule has 0 aromatic carbocycles. The van der Waals surface area contributed by atoms with E-state index in [1.165, 1.54) is 7.11 Å². The summed E-state index contributed by atoms with van der Waals surface area (Å²) in [4.78, 5) is 11.1. The van der Waals surface area contributed by atoms with E-state index in [4.69, 9.17) is 5.73 Å². The van der Waals surface area contributed by atoms with Crippen molar-refractivity contribution in [3.63, 3.8) is 0 Å². The van der Waals surface area contributed by atoms with E-state index in [1.54, 1.807) is 11.8 Å². The number of nitrogens with one attached hydrogen (secondary N) is 1. The van der Waals surface area contributed by atoms with Crippen molar-refractivity contribution in [2.75, 3.05) is 12.9 Å². The number of thioether (sulfide) groups is 1. The van der Waals surface area contributed by atoms with Gasteiger partial charge in [-0.2, -0.15) is 11.8 Å². The van der Waals surface area contributed by atoms with E-state index in [-0.39, 0.29) is 23.4 Å². The molecular formula is C11H22N2O3S. The molecule has 100 valence electrons. The Morgan fingerprint density at radius 1 is 1.71 bits per heavy atom. The number of aliphatic hydroxyl groups excluding tert-OH is 1. The van der Waals surface area contributed by atoms with Crippen molar-refractivity contribution in [1.82, 2.24) is 5.32 Å². The van der Waals surface area contributed by atoms with Crippen LogP contribution in [0.4, 0.5) is 4.79 Å². The molecule has 1 amide bonds. The van der Waals surface area contributed by atoms with Crippen molar-refractivity contribution < 1.29 is 14.6 Å². The van der Waals surface area contributed by atoms with Crippen LogP contribution in [0, 0.1) is 0 Å². The number of methoxy groups -OCH3 is 1. The first kappa shape index (κ1) is 14.6. The highest BCUT2D eigenvalue weighted by Gasteiger charge is 2.38. The molecule has 1 unspecified atom stereocenters. The number of ether oxygens (including phenoxy) is 1. The first-order chi connectivity index (χ1) is 8.10. The van der Waals surface area contributed by atoms with Crippen LogP contribution in [0.25, 0.3) is 0 Å². The van der Waals surface area contributed by atoms with Gasteiger partial charge in [-0.25, -0.2) is 4.79 Å². The Morgan fingerprint density at radius 3 is 3.00 bits per heavy atom. The molecule has 0 spiro atoms. The second-order valence-corrected chi connectivity index (χ2v) is 5.54. The van der Waals surface area contributed by atoms with Gasteiger partial charge in [0.1, 0.15) is 0 Å². The number of amides is 1. The molecule has 1 rings (SSSR count). The maximum absolute atomic E-state index is 11.1. The second-order valence-electron chi connectivity index (χ2n) is 4.33. The zero-order valence-corrected chi connectivity index (χ0v) is 11.2. The van der Waals surface area contributed by atoms with Gasteiger partial charge in [0.15, 0.2) is 0 Å². The standard InChI is InChI=1S/C11H22N2O3S/c1-3-4-5-8(14)10-9(12)7(6-17-10)13-11(15)16-2/h7-10,14H,3-6,12H2,1-2H3,(H,13,15)/t7-,8?,9-,10-/m1/s1. The van der Waals surface area contributed by atoms with Gasteiger partial charge in [-0.05, 0) is 6.42 Å². The van der Waals surface area contributed by atoms with E-state index in [0.29, 0.717) is 0 Å². The fourth-order valence-electron chi connectivity index (χ4n) is 1.96. The summed E-state index contributed by atoms with van der Waals surface area (Å²) in [6.45, 7) is 2.09. The average molecular weight is 262 g/mol. The molecule has 0 aliphatic carbocycles. The van der Waals surface area contributed by atoms with Gasteiger partial charge in [0.2, 0.25) is 0 Å². The largest absolute Gasteiger partial charge is 0.453 e. The maximum atomic E-state index is 11.1. The monoisotopic (exact) mass is 262 g/mol. The molecule has 1 saturated heterocycles. The van der Waals surface area contributed by atoms with Gasteiger partial charge in [0.25, 0.3) is 0 Å². The van der Waals surface area contributed by atoms with Crippen molar-refractivity contribution in [3.05, 3.63) is 0 Å². The first-order valence-corrected chi connectivity index (χ1v) is 7.04. The maximum Gasteiger partial charge on any atom is 0.407 e. The fraction of sp³-hybridized carbons (Fsp3) is 0.909. The van der Waals surface area contributed by atoms with Crippen LogP contribution >= 0.6 is 11.8 Å². The lowest BCUT2D eigenvalue weighted by molar-refractivity contribution is 0.143. The summed E-state index contributed by atoms with van der Waals surface area (Å²) in [5.41, 5.74) is 6.05. The number of nitrogens with two attached hydrogens (primary N) is 1. The van der Waals surface area contributed by atoms with Crippen molar-refractivity contribution in [1.29, 1.82) is 0 Å². The topological polar surface area (TPSA) is 84.6 Å². The van der Waals surface area contributed by atoms with Crippen molar-refractivity contribution in [2.45, 2.75) is 49.6 Å². The minimum Gasteiger partial charge on any atom is -0.453 e. The van der Waals surface area contributed by atoms with E-state index >= 15 is 0 Å². The van der Waals surface area contributed by atoms with E-state index in [1.807, 2.05) is 0 Å². The minimum absolute atomic E-state index is 0.00343. The first-order valence-electron chi connectivity index (χ1n) is 5.99. The van der Waals surface area contributed by atoms with E-state index < -0.39 is 6.09 Å². The Bertz CT molecular complexity index is 253. The highest BCUT2D eigenvalue weighted by Crippen LogP contribution is 2.30. The zero-order valence-electron chi connectivity index (χ0n) is 10.4. The third-order valence-electron chi connectivity index (χ3n) is 3.03. The molecule has 17 heavy (non-hydrogen) atoms. The second kappa shape index (κ2) is 7.08. The fourth-order valence-corrected chi connectivity index (χ4v) is 3.46. The number of unbranched alkanes of at least 4 members (excludes halogenated alkanes) is 1. The summed E-state index contributed by atoms with van der Waals surface area (Å²) in [6.07, 6.45) is 1.98. The summed E-state index contributed by atoms with van der Waals surface area (Å²) >= 11 is 1.62. The molecule has 6 heteroatoms. The number of rotatable bonds is 5. The zero-order chi connectivity index (χ0) is 12.8. The molecule has 0 radical (unpaired) electrons. The van der Waals surface area contributed by atoms with Crippen molar-refractivity contribution in [3.8, 4) is 0 Å². The van der Waals surface area contributed by atoms with Gasteiger partial charge in [0, 0.05) is 17.0 Å². The van der Waals surface area contributed by atoms with Gasteiger partial charge >= 0.3 is 6.09 Å². The third-order valence-corrected chi connectivity index (χ3v) is 4.60. The molecule has 1 aliphatic heterocycles. The summed E-state index contributed by atoms with van der Waals surface area (Å²) in [6, 6.07) is -0.334. The Balaban J connectivity index is 2.42. The quantitative estimate of drug-likeness (QED) is 0.679. The lowest BCUT2D eigenvalue weighted by atomic mass is 10.00. The summed E-state index contributed by atoms with van der Waals surface area (Å²) in [7, 11) is 1.33. The Hall–Kier alpha value is -0.460. The molecule has 4 N–H and O–H groups in total. The van der Waals surface area contributed by atoms with E-state index in [0.717, 1.165) is 25.0 Å². The Kier molecular flexibility index (Phi) is 6.08. The normalized spacial score (nSPS) is 30.0. The highest BCUT2D eigenvalue weighted by atomic mass is 32.2. The van der Waals surface area contributed by atoms with Gasteiger partial charge in [0.05, 0.1) is 19.3 Å². The van der Waals surface area contributed by atoms with E-state index in [9.17, 15) is 9.90 Å². The van der Waals surface area contributed by atoms with Crippen LogP contribution in [0.5, 0.6) is 0 Å². The molecule has 1 aliphatic rings. The van der Waals surface area contributed by atoms with Crippen LogP contribution < -0.4 is 11.1 Å². The summed E-state index contributed by atoms with van der Waals surface area (Å²) < 4.78 is 4.54. The van der Waals surface area contributed by atoms with Gasteiger partial charge in [-0.15, -0.1) is 0 Å². The molecule has 0 bridgehead atoms. The number of carbonyl (C=O) groups is 1. The number of alkyl carbamates (subject to hydrolysis) is 1.